The standard InChI is InChI=1S/C12H18N2O3/c1-2-7-15-9-11-17-12-10-16-8-6-14-5-3-4-13-14/h1,3-5H,6-12H2. The molecule has 0 aromatic carbocycles. The molecule has 1 aromatic rings. The topological polar surface area (TPSA) is 45.5 Å². The molecule has 0 aliphatic carbocycles. The molecule has 0 saturated heterocycles. The average molecular weight is 238 g/mol. The van der Waals surface area contributed by atoms with Gasteiger partial charge in [-0.1, -0.05) is 5.92 Å². The van der Waals surface area contributed by atoms with Crippen LogP contribution in [0.5, 0.6) is 0 Å². The predicted molar refractivity (Wildman–Crippen MR) is 63.5 cm³/mol. The van der Waals surface area contributed by atoms with E-state index in [4.69, 9.17) is 20.6 Å². The van der Waals surface area contributed by atoms with Crippen molar-refractivity contribution in [3.8, 4) is 12.3 Å². The highest BCUT2D eigenvalue weighted by Crippen LogP contribution is 1.86. The van der Waals surface area contributed by atoms with Crippen molar-refractivity contribution in [1.29, 1.82) is 0 Å². The fourth-order valence-electron chi connectivity index (χ4n) is 1.16. The monoisotopic (exact) mass is 238 g/mol. The number of ether oxygens (including phenoxy) is 3. The summed E-state index contributed by atoms with van der Waals surface area (Å²) in [6.07, 6.45) is 8.68. The Labute approximate surface area is 102 Å². The lowest BCUT2D eigenvalue weighted by Crippen LogP contribution is -2.12. The van der Waals surface area contributed by atoms with Crippen LogP contribution in [0.15, 0.2) is 18.5 Å². The maximum absolute atomic E-state index is 5.38. The van der Waals surface area contributed by atoms with Gasteiger partial charge in [0.15, 0.2) is 0 Å². The Morgan fingerprint density at radius 2 is 1.76 bits per heavy atom. The molecule has 0 atom stereocenters. The maximum Gasteiger partial charge on any atom is 0.107 e. The van der Waals surface area contributed by atoms with Crippen LogP contribution in [0.1, 0.15) is 0 Å². The Morgan fingerprint density at radius 1 is 1.06 bits per heavy atom. The van der Waals surface area contributed by atoms with Crippen LogP contribution in [0.2, 0.25) is 0 Å². The molecule has 0 radical (unpaired) electrons. The van der Waals surface area contributed by atoms with Crippen molar-refractivity contribution in [2.75, 3.05) is 39.6 Å². The minimum Gasteiger partial charge on any atom is -0.377 e. The fourth-order valence-corrected chi connectivity index (χ4v) is 1.16. The molecule has 17 heavy (non-hydrogen) atoms. The van der Waals surface area contributed by atoms with Gasteiger partial charge >= 0.3 is 0 Å². The van der Waals surface area contributed by atoms with Gasteiger partial charge in [-0.2, -0.15) is 5.10 Å². The van der Waals surface area contributed by atoms with Gasteiger partial charge in [-0.3, -0.25) is 4.68 Å². The summed E-state index contributed by atoms with van der Waals surface area (Å²) in [7, 11) is 0. The summed E-state index contributed by atoms with van der Waals surface area (Å²) in [4.78, 5) is 0. The van der Waals surface area contributed by atoms with Crippen molar-refractivity contribution < 1.29 is 14.2 Å². The number of hydrogen-bond acceptors (Lipinski definition) is 4. The lowest BCUT2D eigenvalue weighted by molar-refractivity contribution is 0.0182. The molecule has 1 rings (SSSR count). The van der Waals surface area contributed by atoms with Crippen molar-refractivity contribution in [1.82, 2.24) is 9.78 Å². The molecule has 0 saturated carbocycles. The summed E-state index contributed by atoms with van der Waals surface area (Å²) in [5, 5.41) is 4.06. The minimum atomic E-state index is 0.337. The average Bonchev–Trinajstić information content (AvgIpc) is 2.85. The highest BCUT2D eigenvalue weighted by atomic mass is 16.5. The van der Waals surface area contributed by atoms with Crippen molar-refractivity contribution in [2.45, 2.75) is 6.54 Å². The van der Waals surface area contributed by atoms with Crippen LogP contribution >= 0.6 is 0 Å². The van der Waals surface area contributed by atoms with Crippen LogP contribution in [0.25, 0.3) is 0 Å². The minimum absolute atomic E-state index is 0.337. The van der Waals surface area contributed by atoms with E-state index in [0.717, 1.165) is 6.54 Å². The van der Waals surface area contributed by atoms with E-state index >= 15 is 0 Å². The Bertz CT molecular complexity index is 306. The van der Waals surface area contributed by atoms with Crippen molar-refractivity contribution in [2.24, 2.45) is 0 Å². The molecule has 0 unspecified atom stereocenters. The van der Waals surface area contributed by atoms with Crippen LogP contribution in [0, 0.1) is 12.3 Å². The van der Waals surface area contributed by atoms with Gasteiger partial charge in [0.05, 0.1) is 39.6 Å². The predicted octanol–water partition coefficient (Wildman–Crippen LogP) is 0.566. The lowest BCUT2D eigenvalue weighted by Gasteiger charge is -2.05. The third kappa shape index (κ3) is 7.53. The zero-order chi connectivity index (χ0) is 12.2. The SMILES string of the molecule is C#CCOCCOCCOCCn1cccn1. The smallest absolute Gasteiger partial charge is 0.107 e. The summed E-state index contributed by atoms with van der Waals surface area (Å²) < 4.78 is 17.5. The fraction of sp³-hybridized carbons (Fsp3) is 0.583. The molecule has 5 nitrogen and oxygen atoms in total. The molecule has 1 aromatic heterocycles. The number of rotatable bonds is 10. The van der Waals surface area contributed by atoms with Gasteiger partial charge in [-0.05, 0) is 6.07 Å². The second-order valence-corrected chi connectivity index (χ2v) is 3.25. The van der Waals surface area contributed by atoms with Crippen molar-refractivity contribution >= 4 is 0 Å². The van der Waals surface area contributed by atoms with Crippen LogP contribution < -0.4 is 0 Å². The van der Waals surface area contributed by atoms with Gasteiger partial charge in [-0.25, -0.2) is 0 Å². The molecule has 0 amide bonds. The van der Waals surface area contributed by atoms with Gasteiger partial charge in [0.1, 0.15) is 6.61 Å². The highest BCUT2D eigenvalue weighted by Gasteiger charge is 1.92. The normalized spacial score (nSPS) is 10.3. The van der Waals surface area contributed by atoms with Crippen LogP contribution in [0.4, 0.5) is 0 Å². The molecule has 1 heterocycles. The summed E-state index contributed by atoms with van der Waals surface area (Å²) in [6.45, 7) is 3.96. The molecule has 0 aliphatic rings. The first kappa shape index (κ1) is 13.7. The van der Waals surface area contributed by atoms with E-state index in [1.807, 2.05) is 16.9 Å². The third-order valence-corrected chi connectivity index (χ3v) is 1.95. The molecule has 0 spiro atoms. The number of terminal acetylenes is 1. The first-order valence-corrected chi connectivity index (χ1v) is 5.57. The van der Waals surface area contributed by atoms with Gasteiger partial charge in [0.2, 0.25) is 0 Å². The van der Waals surface area contributed by atoms with Crippen molar-refractivity contribution in [3.63, 3.8) is 0 Å². The second kappa shape index (κ2) is 9.85. The first-order chi connectivity index (χ1) is 8.43. The van der Waals surface area contributed by atoms with Crippen molar-refractivity contribution in [3.05, 3.63) is 18.5 Å². The Balaban J connectivity index is 1.77. The van der Waals surface area contributed by atoms with E-state index in [0.29, 0.717) is 39.6 Å². The largest absolute Gasteiger partial charge is 0.377 e. The number of hydrogen-bond donors (Lipinski definition) is 0. The summed E-state index contributed by atoms with van der Waals surface area (Å²) in [5.74, 6) is 2.39. The molecule has 0 N–H and O–H groups in total. The summed E-state index contributed by atoms with van der Waals surface area (Å²) in [5.41, 5.74) is 0. The van der Waals surface area contributed by atoms with E-state index in [2.05, 4.69) is 11.0 Å². The van der Waals surface area contributed by atoms with Gasteiger partial charge in [0, 0.05) is 12.4 Å². The summed E-state index contributed by atoms with van der Waals surface area (Å²) >= 11 is 0. The zero-order valence-electron chi connectivity index (χ0n) is 9.88. The van der Waals surface area contributed by atoms with E-state index < -0.39 is 0 Å². The maximum atomic E-state index is 5.38. The van der Waals surface area contributed by atoms with Gasteiger partial charge < -0.3 is 14.2 Å². The Hall–Kier alpha value is -1.35. The number of nitrogens with zero attached hydrogens (tertiary/aromatic N) is 2. The Morgan fingerprint density at radius 3 is 2.41 bits per heavy atom. The molecule has 5 heteroatoms. The molecule has 94 valence electrons. The lowest BCUT2D eigenvalue weighted by atomic mass is 10.6. The molecular weight excluding hydrogens is 220 g/mol. The van der Waals surface area contributed by atoms with Crippen LogP contribution in [-0.4, -0.2) is 49.4 Å². The first-order valence-electron chi connectivity index (χ1n) is 5.57. The second-order valence-electron chi connectivity index (χ2n) is 3.25. The van der Waals surface area contributed by atoms with E-state index in [-0.39, 0.29) is 0 Å². The summed E-state index contributed by atoms with van der Waals surface area (Å²) in [6, 6.07) is 1.89. The van der Waals surface area contributed by atoms with E-state index in [1.54, 1.807) is 6.20 Å². The molecule has 0 aliphatic heterocycles. The van der Waals surface area contributed by atoms with E-state index in [9.17, 15) is 0 Å². The third-order valence-electron chi connectivity index (χ3n) is 1.95. The number of aromatic nitrogens is 2. The zero-order valence-corrected chi connectivity index (χ0v) is 9.88. The molecule has 0 bridgehead atoms. The highest BCUT2D eigenvalue weighted by molar-refractivity contribution is 4.82. The van der Waals surface area contributed by atoms with Gasteiger partial charge in [-0.15, -0.1) is 6.42 Å². The molecule has 0 fully saturated rings. The quantitative estimate of drug-likeness (QED) is 0.441. The Kier molecular flexibility index (Phi) is 7.94. The van der Waals surface area contributed by atoms with Crippen LogP contribution in [-0.2, 0) is 20.8 Å². The van der Waals surface area contributed by atoms with E-state index in [1.165, 1.54) is 0 Å². The van der Waals surface area contributed by atoms with Gasteiger partial charge in [0.25, 0.3) is 0 Å². The molecular formula is C12H18N2O3. The van der Waals surface area contributed by atoms with Crippen LogP contribution in [0.3, 0.4) is 0 Å².